The van der Waals surface area contributed by atoms with Crippen LogP contribution in [0.25, 0.3) is 0 Å². The molecule has 8 heteroatoms. The zero-order valence-electron chi connectivity index (χ0n) is 11.1. The Kier molecular flexibility index (Phi) is 3.93. The van der Waals surface area contributed by atoms with Crippen LogP contribution in [0.15, 0.2) is 5.38 Å². The first-order valence-corrected chi connectivity index (χ1v) is 8.24. The summed E-state index contributed by atoms with van der Waals surface area (Å²) in [4.78, 5) is 18.7. The number of carbonyl (C=O) groups excluding carboxylic acids is 1. The predicted octanol–water partition coefficient (Wildman–Crippen LogP) is 2.55. The number of nitrogens with one attached hydrogen (secondary N) is 1. The zero-order chi connectivity index (χ0) is 13.9. The van der Waals surface area contributed by atoms with Crippen molar-refractivity contribution in [2.75, 3.05) is 23.3 Å². The zero-order valence-corrected chi connectivity index (χ0v) is 12.8. The highest BCUT2D eigenvalue weighted by molar-refractivity contribution is 7.15. The van der Waals surface area contributed by atoms with Crippen molar-refractivity contribution < 1.29 is 4.79 Å². The Hall–Kier alpha value is -1.54. The monoisotopic (exact) mass is 309 g/mol. The fraction of sp³-hybridized carbons (Fsp3) is 0.500. The molecule has 0 atom stereocenters. The minimum Gasteiger partial charge on any atom is -0.348 e. The topological polar surface area (TPSA) is 71.0 Å². The molecule has 1 amide bonds. The first kappa shape index (κ1) is 13.4. The molecular formula is C12H15N5OS2. The summed E-state index contributed by atoms with van der Waals surface area (Å²) in [7, 11) is 0. The molecular weight excluding hydrogens is 294 g/mol. The van der Waals surface area contributed by atoms with Gasteiger partial charge in [0.05, 0.1) is 0 Å². The molecule has 1 aliphatic rings. The summed E-state index contributed by atoms with van der Waals surface area (Å²) in [6.45, 7) is 3.92. The number of anilines is 2. The second-order valence-electron chi connectivity index (χ2n) is 4.64. The highest BCUT2D eigenvalue weighted by atomic mass is 32.1. The smallest absolute Gasteiger partial charge is 0.277 e. The van der Waals surface area contributed by atoms with Gasteiger partial charge in [-0.25, -0.2) is 4.98 Å². The molecule has 2 aromatic rings. The van der Waals surface area contributed by atoms with E-state index >= 15 is 0 Å². The van der Waals surface area contributed by atoms with Gasteiger partial charge in [-0.1, -0.05) is 11.3 Å². The number of hydrogen-bond donors (Lipinski definition) is 1. The molecule has 0 aliphatic carbocycles. The van der Waals surface area contributed by atoms with Gasteiger partial charge in [-0.2, -0.15) is 0 Å². The van der Waals surface area contributed by atoms with Crippen LogP contribution in [0.5, 0.6) is 0 Å². The average molecular weight is 309 g/mol. The molecule has 1 N–H and O–H groups in total. The van der Waals surface area contributed by atoms with Gasteiger partial charge in [-0.05, 0) is 26.2 Å². The van der Waals surface area contributed by atoms with Crippen LogP contribution in [0, 0.1) is 6.92 Å². The lowest BCUT2D eigenvalue weighted by Gasteiger charge is -2.25. The fourth-order valence-electron chi connectivity index (χ4n) is 2.11. The molecule has 3 heterocycles. The highest BCUT2D eigenvalue weighted by Gasteiger charge is 2.17. The van der Waals surface area contributed by atoms with E-state index in [-0.39, 0.29) is 5.91 Å². The van der Waals surface area contributed by atoms with Gasteiger partial charge in [-0.15, -0.1) is 21.5 Å². The second kappa shape index (κ2) is 5.84. The third-order valence-corrected chi connectivity index (χ3v) is 4.75. The number of thiazole rings is 1. The molecule has 0 bridgehead atoms. The first-order valence-electron chi connectivity index (χ1n) is 6.54. The van der Waals surface area contributed by atoms with Crippen molar-refractivity contribution in [2.24, 2.45) is 0 Å². The largest absolute Gasteiger partial charge is 0.348 e. The number of rotatable bonds is 3. The molecule has 2 aromatic heterocycles. The Labute approximate surface area is 124 Å². The lowest BCUT2D eigenvalue weighted by molar-refractivity contribution is 0.102. The van der Waals surface area contributed by atoms with Crippen LogP contribution in [0.3, 0.4) is 0 Å². The Morgan fingerprint density at radius 3 is 2.80 bits per heavy atom. The van der Waals surface area contributed by atoms with Crippen LogP contribution < -0.4 is 10.2 Å². The Bertz CT molecular complexity index is 603. The third-order valence-electron chi connectivity index (χ3n) is 3.10. The van der Waals surface area contributed by atoms with Crippen molar-refractivity contribution in [3.05, 3.63) is 16.1 Å². The Morgan fingerprint density at radius 2 is 2.10 bits per heavy atom. The molecule has 0 unspecified atom stereocenters. The van der Waals surface area contributed by atoms with Crippen molar-refractivity contribution in [2.45, 2.75) is 26.2 Å². The molecule has 1 fully saturated rings. The van der Waals surface area contributed by atoms with E-state index in [0.717, 1.165) is 23.2 Å². The van der Waals surface area contributed by atoms with Gasteiger partial charge in [0, 0.05) is 18.5 Å². The highest BCUT2D eigenvalue weighted by Crippen LogP contribution is 2.24. The molecule has 20 heavy (non-hydrogen) atoms. The molecule has 1 aliphatic heterocycles. The summed E-state index contributed by atoms with van der Waals surface area (Å²) < 4.78 is 0. The average Bonchev–Trinajstić information content (AvgIpc) is 3.09. The van der Waals surface area contributed by atoms with Crippen molar-refractivity contribution in [1.82, 2.24) is 15.2 Å². The van der Waals surface area contributed by atoms with E-state index in [0.29, 0.717) is 10.8 Å². The maximum absolute atomic E-state index is 12.1. The molecule has 0 aromatic carbocycles. The summed E-state index contributed by atoms with van der Waals surface area (Å²) in [5, 5.41) is 14.5. The summed E-state index contributed by atoms with van der Waals surface area (Å²) in [5.41, 5.74) is 0.448. The molecule has 1 saturated heterocycles. The quantitative estimate of drug-likeness (QED) is 0.943. The summed E-state index contributed by atoms with van der Waals surface area (Å²) in [6.07, 6.45) is 3.68. The number of aryl methyl sites for hydroxylation is 1. The fourth-order valence-corrected chi connectivity index (χ4v) is 3.55. The van der Waals surface area contributed by atoms with E-state index < -0.39 is 0 Å². The Balaban J connectivity index is 1.67. The van der Waals surface area contributed by atoms with Crippen LogP contribution in [-0.2, 0) is 0 Å². The summed E-state index contributed by atoms with van der Waals surface area (Å²) >= 11 is 2.88. The molecule has 6 nitrogen and oxygen atoms in total. The number of aromatic nitrogens is 3. The maximum atomic E-state index is 12.1. The normalized spacial score (nSPS) is 15.3. The van der Waals surface area contributed by atoms with Crippen LogP contribution >= 0.6 is 22.7 Å². The molecule has 0 saturated carbocycles. The predicted molar refractivity (Wildman–Crippen MR) is 80.8 cm³/mol. The standard InChI is InChI=1S/C12H15N5OS2/c1-8-15-16-11(20-8)14-10(18)9-7-19-12(13-9)17-5-3-2-4-6-17/h7H,2-6H2,1H3,(H,14,16,18). The van der Waals surface area contributed by atoms with E-state index in [4.69, 9.17) is 0 Å². The van der Waals surface area contributed by atoms with Crippen molar-refractivity contribution in [3.8, 4) is 0 Å². The number of carbonyl (C=O) groups is 1. The minimum absolute atomic E-state index is 0.222. The molecule has 0 spiro atoms. The molecule has 3 rings (SSSR count). The molecule has 106 valence electrons. The van der Waals surface area contributed by atoms with Crippen molar-refractivity contribution in [1.29, 1.82) is 0 Å². The van der Waals surface area contributed by atoms with E-state index in [2.05, 4.69) is 25.4 Å². The van der Waals surface area contributed by atoms with Gasteiger partial charge >= 0.3 is 0 Å². The number of amides is 1. The van der Waals surface area contributed by atoms with Gasteiger partial charge in [0.15, 0.2) is 5.13 Å². The van der Waals surface area contributed by atoms with E-state index in [9.17, 15) is 4.79 Å². The van der Waals surface area contributed by atoms with Crippen molar-refractivity contribution in [3.63, 3.8) is 0 Å². The van der Waals surface area contributed by atoms with Crippen LogP contribution in [0.4, 0.5) is 10.3 Å². The maximum Gasteiger partial charge on any atom is 0.277 e. The van der Waals surface area contributed by atoms with Gasteiger partial charge in [0.2, 0.25) is 5.13 Å². The second-order valence-corrected chi connectivity index (χ2v) is 6.66. The summed E-state index contributed by atoms with van der Waals surface area (Å²) in [5.74, 6) is -0.222. The number of nitrogens with zero attached hydrogens (tertiary/aromatic N) is 4. The number of hydrogen-bond acceptors (Lipinski definition) is 7. The molecule has 0 radical (unpaired) electrons. The van der Waals surface area contributed by atoms with Gasteiger partial charge in [-0.3, -0.25) is 10.1 Å². The first-order chi connectivity index (χ1) is 9.72. The van der Waals surface area contributed by atoms with Gasteiger partial charge < -0.3 is 4.90 Å². The van der Waals surface area contributed by atoms with Crippen LogP contribution in [0.2, 0.25) is 0 Å². The lowest BCUT2D eigenvalue weighted by Crippen LogP contribution is -2.29. The SMILES string of the molecule is Cc1nnc(NC(=O)c2csc(N3CCCCC3)n2)s1. The Morgan fingerprint density at radius 1 is 1.30 bits per heavy atom. The van der Waals surface area contributed by atoms with Crippen molar-refractivity contribution >= 4 is 38.8 Å². The van der Waals surface area contributed by atoms with E-state index in [1.54, 1.807) is 5.38 Å². The van der Waals surface area contributed by atoms with Crippen LogP contribution in [0.1, 0.15) is 34.8 Å². The van der Waals surface area contributed by atoms with E-state index in [1.807, 2.05) is 6.92 Å². The number of piperidine rings is 1. The minimum atomic E-state index is -0.222. The van der Waals surface area contributed by atoms with Crippen LogP contribution in [-0.4, -0.2) is 34.2 Å². The third kappa shape index (κ3) is 2.96. The van der Waals surface area contributed by atoms with Gasteiger partial charge in [0.1, 0.15) is 10.7 Å². The van der Waals surface area contributed by atoms with E-state index in [1.165, 1.54) is 41.9 Å². The lowest BCUT2D eigenvalue weighted by atomic mass is 10.1. The van der Waals surface area contributed by atoms with Gasteiger partial charge in [0.25, 0.3) is 5.91 Å². The summed E-state index contributed by atoms with van der Waals surface area (Å²) in [6, 6.07) is 0.